The first-order valence-corrected chi connectivity index (χ1v) is 27.1. The zero-order chi connectivity index (χ0) is 54.3. The van der Waals surface area contributed by atoms with Crippen molar-refractivity contribution in [2.45, 2.75) is 85.5 Å². The molecule has 3 aromatic heterocycles. The van der Waals surface area contributed by atoms with Crippen LogP contribution in [0.15, 0.2) is 142 Å². The van der Waals surface area contributed by atoms with Crippen molar-refractivity contribution in [3.63, 3.8) is 0 Å². The highest BCUT2D eigenvalue weighted by Crippen LogP contribution is 2.42. The number of carbonyl (C=O) groups excluding carboxylic acids is 2. The zero-order valence-electron chi connectivity index (χ0n) is 42.9. The Morgan fingerprint density at radius 3 is 1.79 bits per heavy atom. The number of pyridine rings is 1. The second kappa shape index (κ2) is 27.0. The van der Waals surface area contributed by atoms with E-state index >= 15 is 0 Å². The predicted octanol–water partition coefficient (Wildman–Crippen LogP) is 10.7. The van der Waals surface area contributed by atoms with E-state index in [1.165, 1.54) is 22.3 Å². The number of aromatic nitrogens is 3. The molecule has 1 unspecified atom stereocenters. The number of methoxy groups -OCH3 is 1. The minimum Gasteiger partial charge on any atom is -0.461 e. The van der Waals surface area contributed by atoms with Crippen LogP contribution in [0, 0.1) is 13.8 Å². The standard InChI is InChI=1S/C30H32N2O3.C29H27BrN2O3.2O2S/c1-4-35-30(33)26-18-24-12-8-11-23-17-25(22-9-6-5-7-10-22)29(34-3)31-27(23)28(24)32(26)19-21-15-13-20(2)14-16-21;1-3-35-29(34)27-24(30)22-11-7-10-21-16-23(20-8-5-4-6-9-20)28(33)31-25(21)26(22)32(27)17-19-14-12-18(2)13-15-19;2*1-3-2/h5-7,9-10,13-18,29,31H,4,8,11-12,19H2,1-3H3;4-6,8-9,12-16H,3,7,10-11,17H2,1-2H3,(H,31,33);;. The monoisotopic (exact) mass is 1130 g/mol. The summed E-state index contributed by atoms with van der Waals surface area (Å²) in [6, 6.07) is 40.9. The Balaban J connectivity index is 0.000000201. The number of carbonyl (C=O) groups is 2. The maximum absolute atomic E-state index is 13.3. The SMILES string of the molecule is CCOC(=O)c1c(Br)c2c(n1Cc1ccc(C)cc1)-c1[nH]c(=O)c(-c3ccccc3)cc1CCC2.CCOC(=O)c1cc2c(n1Cc1ccc(C)cc1)C1=C(C=C(c3ccccc3)C(OC)N1)CCC2.O=S=O.O=S=O. The van der Waals surface area contributed by atoms with Crippen LogP contribution >= 0.6 is 15.9 Å². The van der Waals surface area contributed by atoms with Crippen LogP contribution in [0.3, 0.4) is 0 Å². The van der Waals surface area contributed by atoms with Crippen molar-refractivity contribution in [1.82, 2.24) is 19.4 Å². The van der Waals surface area contributed by atoms with Gasteiger partial charge in [-0.25, -0.2) is 9.59 Å². The van der Waals surface area contributed by atoms with Gasteiger partial charge in [-0.15, -0.1) is 0 Å². The molecule has 1 atom stereocenters. The predicted molar refractivity (Wildman–Crippen MR) is 299 cm³/mol. The molecule has 2 aliphatic carbocycles. The number of dihydropyridines is 1. The molecule has 17 heteroatoms. The first-order chi connectivity index (χ1) is 36.9. The second-order valence-corrected chi connectivity index (χ2v) is 19.3. The van der Waals surface area contributed by atoms with Crippen LogP contribution in [0.25, 0.3) is 33.8 Å². The van der Waals surface area contributed by atoms with Gasteiger partial charge in [-0.1, -0.05) is 120 Å². The van der Waals surface area contributed by atoms with Crippen LogP contribution in [0.1, 0.15) is 104 Å². The molecule has 0 saturated heterocycles. The van der Waals surface area contributed by atoms with E-state index < -0.39 is 23.1 Å². The first kappa shape index (κ1) is 56.4. The summed E-state index contributed by atoms with van der Waals surface area (Å²) >= 11 is 2.23. The molecular weight excluding hydrogens is 1070 g/mol. The number of nitrogens with one attached hydrogen (secondary N) is 2. The van der Waals surface area contributed by atoms with Crippen LogP contribution < -0.4 is 10.9 Å². The average Bonchev–Trinajstić information content (AvgIpc) is 3.75. The van der Waals surface area contributed by atoms with Crippen molar-refractivity contribution in [2.75, 3.05) is 20.3 Å². The van der Waals surface area contributed by atoms with Crippen LogP contribution in [0.5, 0.6) is 0 Å². The maximum atomic E-state index is 13.3. The number of nitrogens with zero attached hydrogens (tertiary/aromatic N) is 2. The molecule has 0 fully saturated rings. The minimum atomic E-state index is -0.750. The number of hydrogen-bond acceptors (Lipinski definition) is 11. The molecular formula is C59H59BrN4O10S2. The van der Waals surface area contributed by atoms with Gasteiger partial charge in [0.25, 0.3) is 5.56 Å². The third kappa shape index (κ3) is 13.0. The molecule has 3 aliphatic rings. The summed E-state index contributed by atoms with van der Waals surface area (Å²) < 4.78 is 54.9. The molecule has 4 aromatic carbocycles. The van der Waals surface area contributed by atoms with Gasteiger partial charge in [0.1, 0.15) is 11.4 Å². The highest BCUT2D eigenvalue weighted by molar-refractivity contribution is 9.10. The van der Waals surface area contributed by atoms with Gasteiger partial charge < -0.3 is 33.6 Å². The maximum Gasteiger partial charge on any atom is 0.356 e. The Morgan fingerprint density at radius 1 is 0.671 bits per heavy atom. The number of esters is 2. The molecule has 394 valence electrons. The number of aromatic amines is 1. The zero-order valence-corrected chi connectivity index (χ0v) is 46.2. The highest BCUT2D eigenvalue weighted by Gasteiger charge is 2.33. The van der Waals surface area contributed by atoms with E-state index in [0.29, 0.717) is 43.3 Å². The van der Waals surface area contributed by atoms with Crippen molar-refractivity contribution in [1.29, 1.82) is 0 Å². The summed E-state index contributed by atoms with van der Waals surface area (Å²) in [6.07, 6.45) is 7.42. The first-order valence-electron chi connectivity index (χ1n) is 24.9. The van der Waals surface area contributed by atoms with E-state index in [2.05, 4.69) is 124 Å². The van der Waals surface area contributed by atoms with Crippen LogP contribution in [0.4, 0.5) is 0 Å². The molecule has 2 N–H and O–H groups in total. The lowest BCUT2D eigenvalue weighted by molar-refractivity contribution is 0.0504. The summed E-state index contributed by atoms with van der Waals surface area (Å²) in [4.78, 5) is 42.6. The number of ether oxygens (including phenoxy) is 3. The van der Waals surface area contributed by atoms with Gasteiger partial charge in [-0.2, -0.15) is 16.8 Å². The molecule has 76 heavy (non-hydrogen) atoms. The van der Waals surface area contributed by atoms with Crippen molar-refractivity contribution < 1.29 is 40.6 Å². The second-order valence-electron chi connectivity index (χ2n) is 18.2. The average molecular weight is 1130 g/mol. The molecule has 0 amide bonds. The minimum absolute atomic E-state index is 0.139. The normalized spacial score (nSPS) is 14.0. The molecule has 4 heterocycles. The summed E-state index contributed by atoms with van der Waals surface area (Å²) in [5, 5.41) is 3.69. The number of allylic oxidation sites excluding steroid dienone is 2. The topological polar surface area (TPSA) is 185 Å². The van der Waals surface area contributed by atoms with Crippen molar-refractivity contribution in [2.24, 2.45) is 0 Å². The Hall–Kier alpha value is -7.31. The van der Waals surface area contributed by atoms with Crippen LogP contribution in [-0.2, 0) is 69.7 Å². The summed E-state index contributed by atoms with van der Waals surface area (Å²) in [5.74, 6) is -0.654. The molecule has 14 nitrogen and oxygen atoms in total. The summed E-state index contributed by atoms with van der Waals surface area (Å²) in [5.41, 5.74) is 17.7. The van der Waals surface area contributed by atoms with Gasteiger partial charge in [0.2, 0.25) is 0 Å². The molecule has 0 radical (unpaired) electrons. The van der Waals surface area contributed by atoms with E-state index in [1.807, 2.05) is 66.9 Å². The van der Waals surface area contributed by atoms with E-state index in [1.54, 1.807) is 7.11 Å². The summed E-state index contributed by atoms with van der Waals surface area (Å²) in [7, 11) is 1.73. The molecule has 0 bridgehead atoms. The van der Waals surface area contributed by atoms with E-state index in [-0.39, 0.29) is 23.7 Å². The number of benzene rings is 4. The van der Waals surface area contributed by atoms with Gasteiger partial charge in [-0.05, 0) is 145 Å². The van der Waals surface area contributed by atoms with Crippen LogP contribution in [0.2, 0.25) is 0 Å². The van der Waals surface area contributed by atoms with Gasteiger partial charge in [0.15, 0.2) is 6.23 Å². The smallest absolute Gasteiger partial charge is 0.356 e. The Labute approximate surface area is 457 Å². The summed E-state index contributed by atoms with van der Waals surface area (Å²) in [6.45, 7) is 9.51. The fourth-order valence-corrected chi connectivity index (χ4v) is 10.7. The number of H-pyrrole nitrogens is 1. The molecule has 1 aliphatic heterocycles. The van der Waals surface area contributed by atoms with Crippen molar-refractivity contribution in [3.8, 4) is 22.5 Å². The Bertz CT molecular complexity index is 3380. The molecule has 7 aromatic rings. The lowest BCUT2D eigenvalue weighted by Crippen LogP contribution is -2.35. The third-order valence-electron chi connectivity index (χ3n) is 13.3. The fraction of sp³-hybridized carbons (Fsp3) is 0.271. The number of rotatable bonds is 11. The third-order valence-corrected chi connectivity index (χ3v) is 14.2. The van der Waals surface area contributed by atoms with E-state index in [9.17, 15) is 14.4 Å². The highest BCUT2D eigenvalue weighted by atomic mass is 79.9. The largest absolute Gasteiger partial charge is 0.461 e. The van der Waals surface area contributed by atoms with Crippen molar-refractivity contribution >= 4 is 62.3 Å². The lowest BCUT2D eigenvalue weighted by Gasteiger charge is -2.30. The number of hydrogen-bond donors (Lipinski definition) is 2. The molecule has 0 saturated carbocycles. The fourth-order valence-electron chi connectivity index (χ4n) is 9.94. The number of halogens is 1. The van der Waals surface area contributed by atoms with Gasteiger partial charge in [0.05, 0.1) is 40.5 Å². The van der Waals surface area contributed by atoms with E-state index in [0.717, 1.165) is 105 Å². The van der Waals surface area contributed by atoms with E-state index in [4.69, 9.17) is 31.0 Å². The quantitative estimate of drug-likeness (QED) is 0.117. The van der Waals surface area contributed by atoms with Crippen molar-refractivity contribution in [3.05, 3.63) is 209 Å². The Morgan fingerprint density at radius 2 is 1.21 bits per heavy atom. The van der Waals surface area contributed by atoms with Gasteiger partial charge in [-0.3, -0.25) is 4.79 Å². The molecule has 10 rings (SSSR count). The molecule has 0 spiro atoms. The van der Waals surface area contributed by atoms with Gasteiger partial charge in [0, 0.05) is 31.3 Å². The Kier molecular flexibility index (Phi) is 20.0. The number of fused-ring (bicyclic) bond motifs is 5. The van der Waals surface area contributed by atoms with Crippen LogP contribution in [-0.4, -0.2) is 69.4 Å². The lowest BCUT2D eigenvalue weighted by atomic mass is 9.94. The number of aryl methyl sites for hydroxylation is 4. The van der Waals surface area contributed by atoms with Gasteiger partial charge >= 0.3 is 35.1 Å².